The Morgan fingerprint density at radius 2 is 1.62 bits per heavy atom. The highest BCUT2D eigenvalue weighted by atomic mass is 16.3. The number of aliphatic hydroxyl groups is 1. The number of phenols is 3. The number of aliphatic hydroxyl groups excluding tert-OH is 1. The molecule has 0 aliphatic carbocycles. The third kappa shape index (κ3) is 2.26. The number of hydrogen-bond donors (Lipinski definition) is 4. The lowest BCUT2D eigenvalue weighted by atomic mass is 10.1. The third-order valence-corrected chi connectivity index (χ3v) is 1.69. The average molecular weight is 184 g/mol. The predicted octanol–water partition coefficient (Wildman–Crippen LogP) is 0.727. The molecule has 0 fully saturated rings. The molecule has 0 aliphatic rings. The molecule has 1 aromatic carbocycles. The number of aromatic hydroxyl groups is 3. The summed E-state index contributed by atoms with van der Waals surface area (Å²) < 4.78 is 0. The molecular formula is C9H12O4. The van der Waals surface area contributed by atoms with Gasteiger partial charge in [0.15, 0.2) is 0 Å². The van der Waals surface area contributed by atoms with Crippen molar-refractivity contribution in [2.24, 2.45) is 0 Å². The smallest absolute Gasteiger partial charge is 0.126 e. The molecule has 1 aromatic rings. The second-order valence-electron chi connectivity index (χ2n) is 3.02. The van der Waals surface area contributed by atoms with Crippen molar-refractivity contribution in [3.63, 3.8) is 0 Å². The maximum atomic E-state index is 9.29. The molecule has 0 heterocycles. The Morgan fingerprint density at radius 1 is 1.15 bits per heavy atom. The lowest BCUT2D eigenvalue weighted by Gasteiger charge is -2.09. The zero-order valence-corrected chi connectivity index (χ0v) is 7.23. The van der Waals surface area contributed by atoms with Gasteiger partial charge in [0.2, 0.25) is 0 Å². The van der Waals surface area contributed by atoms with Crippen molar-refractivity contribution in [1.29, 1.82) is 0 Å². The van der Waals surface area contributed by atoms with Crippen LogP contribution in [-0.2, 0) is 6.42 Å². The van der Waals surface area contributed by atoms with Crippen LogP contribution in [0.5, 0.6) is 17.2 Å². The normalized spacial score (nSPS) is 12.8. The van der Waals surface area contributed by atoms with Crippen molar-refractivity contribution in [3.05, 3.63) is 17.7 Å². The molecule has 0 bridgehead atoms. The minimum Gasteiger partial charge on any atom is -0.508 e. The summed E-state index contributed by atoms with van der Waals surface area (Å²) in [5.74, 6) is -0.624. The van der Waals surface area contributed by atoms with Gasteiger partial charge in [-0.3, -0.25) is 0 Å². The van der Waals surface area contributed by atoms with Crippen LogP contribution in [0.15, 0.2) is 12.1 Å². The molecule has 13 heavy (non-hydrogen) atoms. The van der Waals surface area contributed by atoms with E-state index < -0.39 is 6.10 Å². The minimum atomic E-state index is -0.652. The maximum Gasteiger partial charge on any atom is 0.126 e. The maximum absolute atomic E-state index is 9.29. The van der Waals surface area contributed by atoms with E-state index in [1.54, 1.807) is 6.92 Å². The number of hydrogen-bond acceptors (Lipinski definition) is 4. The first-order valence-corrected chi connectivity index (χ1v) is 3.92. The molecule has 4 heteroatoms. The molecule has 0 saturated carbocycles. The average Bonchev–Trinajstić information content (AvgIpc) is 1.96. The third-order valence-electron chi connectivity index (χ3n) is 1.69. The molecule has 0 radical (unpaired) electrons. The van der Waals surface area contributed by atoms with Crippen molar-refractivity contribution in [1.82, 2.24) is 0 Å². The van der Waals surface area contributed by atoms with Crippen LogP contribution in [0.4, 0.5) is 0 Å². The minimum absolute atomic E-state index is 0.151. The van der Waals surface area contributed by atoms with Crippen molar-refractivity contribution in [3.8, 4) is 17.2 Å². The summed E-state index contributed by atoms with van der Waals surface area (Å²) in [5.41, 5.74) is 0.243. The Hall–Kier alpha value is -1.42. The summed E-state index contributed by atoms with van der Waals surface area (Å²) in [6.45, 7) is 1.55. The summed E-state index contributed by atoms with van der Waals surface area (Å²) >= 11 is 0. The van der Waals surface area contributed by atoms with Crippen molar-refractivity contribution >= 4 is 0 Å². The monoisotopic (exact) mass is 184 g/mol. The molecule has 0 spiro atoms. The van der Waals surface area contributed by atoms with Crippen molar-refractivity contribution in [2.75, 3.05) is 0 Å². The van der Waals surface area contributed by atoms with Crippen LogP contribution >= 0.6 is 0 Å². The Kier molecular flexibility index (Phi) is 2.63. The van der Waals surface area contributed by atoms with Gasteiger partial charge in [0.1, 0.15) is 17.2 Å². The Labute approximate surface area is 75.7 Å². The first-order valence-electron chi connectivity index (χ1n) is 3.92. The van der Waals surface area contributed by atoms with Crippen LogP contribution < -0.4 is 0 Å². The van der Waals surface area contributed by atoms with Crippen LogP contribution in [0.1, 0.15) is 12.5 Å². The van der Waals surface area contributed by atoms with Gasteiger partial charge in [0, 0.05) is 24.1 Å². The van der Waals surface area contributed by atoms with E-state index in [9.17, 15) is 10.2 Å². The quantitative estimate of drug-likeness (QED) is 0.546. The van der Waals surface area contributed by atoms with E-state index in [0.29, 0.717) is 0 Å². The van der Waals surface area contributed by atoms with Gasteiger partial charge in [-0.05, 0) is 6.92 Å². The van der Waals surface area contributed by atoms with Gasteiger partial charge >= 0.3 is 0 Å². The molecule has 1 atom stereocenters. The van der Waals surface area contributed by atoms with Crippen LogP contribution in [0.25, 0.3) is 0 Å². The molecular weight excluding hydrogens is 172 g/mol. The van der Waals surface area contributed by atoms with Gasteiger partial charge in [0.25, 0.3) is 0 Å². The highest BCUT2D eigenvalue weighted by Crippen LogP contribution is 2.32. The summed E-state index contributed by atoms with van der Waals surface area (Å²) in [4.78, 5) is 0. The van der Waals surface area contributed by atoms with Crippen molar-refractivity contribution < 1.29 is 20.4 Å². The lowest BCUT2D eigenvalue weighted by molar-refractivity contribution is 0.193. The molecule has 0 aromatic heterocycles. The lowest BCUT2D eigenvalue weighted by Crippen LogP contribution is -2.04. The standard InChI is InChI=1S/C9H12O4/c1-5(10)2-7-8(12)3-6(11)4-9(7)13/h3-5,10-13H,2H2,1H3/t5-/m1/s1. The highest BCUT2D eigenvalue weighted by molar-refractivity contribution is 5.48. The van der Waals surface area contributed by atoms with Gasteiger partial charge in [-0.25, -0.2) is 0 Å². The van der Waals surface area contributed by atoms with Gasteiger partial charge in [0.05, 0.1) is 6.10 Å². The van der Waals surface area contributed by atoms with Crippen molar-refractivity contribution in [2.45, 2.75) is 19.4 Å². The molecule has 0 unspecified atom stereocenters. The molecule has 0 aliphatic heterocycles. The van der Waals surface area contributed by atoms with Gasteiger partial charge in [-0.1, -0.05) is 0 Å². The second kappa shape index (κ2) is 3.53. The molecule has 4 N–H and O–H groups in total. The van der Waals surface area contributed by atoms with Crippen LogP contribution in [0, 0.1) is 0 Å². The molecule has 4 nitrogen and oxygen atoms in total. The predicted molar refractivity (Wildman–Crippen MR) is 46.8 cm³/mol. The van der Waals surface area contributed by atoms with E-state index in [1.807, 2.05) is 0 Å². The van der Waals surface area contributed by atoms with E-state index >= 15 is 0 Å². The van der Waals surface area contributed by atoms with E-state index in [4.69, 9.17) is 10.2 Å². The Bertz CT molecular complexity index is 283. The van der Waals surface area contributed by atoms with E-state index in [2.05, 4.69) is 0 Å². The second-order valence-corrected chi connectivity index (χ2v) is 3.02. The zero-order valence-electron chi connectivity index (χ0n) is 7.23. The first-order chi connectivity index (χ1) is 6.00. The highest BCUT2D eigenvalue weighted by Gasteiger charge is 2.11. The molecule has 1 rings (SSSR count). The molecule has 0 saturated heterocycles. The largest absolute Gasteiger partial charge is 0.508 e. The Balaban J connectivity index is 3.06. The SMILES string of the molecule is C[C@@H](O)Cc1c(O)cc(O)cc1O. The number of benzene rings is 1. The van der Waals surface area contributed by atoms with E-state index in [0.717, 1.165) is 12.1 Å². The Morgan fingerprint density at radius 3 is 2.00 bits per heavy atom. The molecule has 0 amide bonds. The van der Waals surface area contributed by atoms with Gasteiger partial charge in [-0.15, -0.1) is 0 Å². The summed E-state index contributed by atoms with van der Waals surface area (Å²) in [6, 6.07) is 2.24. The summed E-state index contributed by atoms with van der Waals surface area (Å²) in [5, 5.41) is 36.6. The van der Waals surface area contributed by atoms with Gasteiger partial charge < -0.3 is 20.4 Å². The van der Waals surface area contributed by atoms with Crippen LogP contribution in [-0.4, -0.2) is 26.5 Å². The van der Waals surface area contributed by atoms with E-state index in [-0.39, 0.29) is 29.2 Å². The van der Waals surface area contributed by atoms with Gasteiger partial charge in [-0.2, -0.15) is 0 Å². The zero-order chi connectivity index (χ0) is 10.0. The fraction of sp³-hybridized carbons (Fsp3) is 0.333. The summed E-state index contributed by atoms with van der Waals surface area (Å²) in [7, 11) is 0. The fourth-order valence-electron chi connectivity index (χ4n) is 1.13. The van der Waals surface area contributed by atoms with Crippen LogP contribution in [0.3, 0.4) is 0 Å². The topological polar surface area (TPSA) is 80.9 Å². The number of rotatable bonds is 2. The van der Waals surface area contributed by atoms with E-state index in [1.165, 1.54) is 0 Å². The number of phenolic OH excluding ortho intramolecular Hbond substituents is 3. The fourth-order valence-corrected chi connectivity index (χ4v) is 1.13. The summed E-state index contributed by atoms with van der Waals surface area (Å²) in [6.07, 6.45) is -0.501. The first kappa shape index (κ1) is 9.67. The molecule has 72 valence electrons. The van der Waals surface area contributed by atoms with Crippen LogP contribution in [0.2, 0.25) is 0 Å².